The number of aromatic nitrogens is 1. The second kappa shape index (κ2) is 7.38. The van der Waals surface area contributed by atoms with Gasteiger partial charge in [0.15, 0.2) is 0 Å². The Balaban J connectivity index is 1.51. The summed E-state index contributed by atoms with van der Waals surface area (Å²) in [5.74, 6) is 0.830. The molecule has 1 saturated heterocycles. The third kappa shape index (κ3) is 3.84. The van der Waals surface area contributed by atoms with Crippen LogP contribution in [0.15, 0.2) is 35.8 Å². The Morgan fingerprint density at radius 1 is 1.32 bits per heavy atom. The van der Waals surface area contributed by atoms with Gasteiger partial charge in [-0.2, -0.15) is 0 Å². The second-order valence-corrected chi connectivity index (χ2v) is 6.12. The maximum Gasteiger partial charge on any atom is 0.252 e. The average molecular weight is 317 g/mol. The number of rotatable bonds is 5. The number of pyridine rings is 1. The standard InChI is InChI=1S/C16H19N3O2S/c20-16(17-6-5-14-2-1-11-22-14)13-3-4-15(18-12-13)19-7-9-21-10-8-19/h1-4,11-12H,5-10H2,(H,17,20). The first-order valence-corrected chi connectivity index (χ1v) is 8.30. The van der Waals surface area contributed by atoms with E-state index in [2.05, 4.69) is 21.3 Å². The van der Waals surface area contributed by atoms with E-state index in [0.717, 1.165) is 38.5 Å². The van der Waals surface area contributed by atoms with Crippen LogP contribution in [0.1, 0.15) is 15.2 Å². The predicted molar refractivity (Wildman–Crippen MR) is 87.6 cm³/mol. The molecule has 0 spiro atoms. The first-order valence-electron chi connectivity index (χ1n) is 7.42. The fraction of sp³-hybridized carbons (Fsp3) is 0.375. The number of hydrogen-bond donors (Lipinski definition) is 1. The maximum atomic E-state index is 12.1. The van der Waals surface area contributed by atoms with E-state index in [0.29, 0.717) is 12.1 Å². The Morgan fingerprint density at radius 2 is 2.18 bits per heavy atom. The highest BCUT2D eigenvalue weighted by atomic mass is 32.1. The van der Waals surface area contributed by atoms with Gasteiger partial charge in [0.05, 0.1) is 18.8 Å². The largest absolute Gasteiger partial charge is 0.378 e. The third-order valence-corrected chi connectivity index (χ3v) is 4.52. The van der Waals surface area contributed by atoms with E-state index in [1.165, 1.54) is 4.88 Å². The number of amides is 1. The van der Waals surface area contributed by atoms with Gasteiger partial charge in [0.1, 0.15) is 5.82 Å². The Labute approximate surface area is 133 Å². The zero-order valence-corrected chi connectivity index (χ0v) is 13.1. The smallest absolute Gasteiger partial charge is 0.252 e. The van der Waals surface area contributed by atoms with Crippen molar-refractivity contribution in [1.82, 2.24) is 10.3 Å². The summed E-state index contributed by atoms with van der Waals surface area (Å²) in [6.07, 6.45) is 2.51. The van der Waals surface area contributed by atoms with Crippen molar-refractivity contribution in [3.05, 3.63) is 46.3 Å². The SMILES string of the molecule is O=C(NCCc1cccs1)c1ccc(N2CCOCC2)nc1. The Kier molecular flexibility index (Phi) is 5.03. The van der Waals surface area contributed by atoms with Crippen molar-refractivity contribution in [2.75, 3.05) is 37.7 Å². The summed E-state index contributed by atoms with van der Waals surface area (Å²) in [6.45, 7) is 3.79. The molecule has 2 aromatic heterocycles. The number of nitrogens with one attached hydrogen (secondary N) is 1. The molecule has 3 heterocycles. The molecule has 22 heavy (non-hydrogen) atoms. The van der Waals surface area contributed by atoms with E-state index in [9.17, 15) is 4.79 Å². The van der Waals surface area contributed by atoms with E-state index >= 15 is 0 Å². The highest BCUT2D eigenvalue weighted by Gasteiger charge is 2.13. The van der Waals surface area contributed by atoms with Gasteiger partial charge in [-0.1, -0.05) is 6.07 Å². The fourth-order valence-corrected chi connectivity index (χ4v) is 3.06. The van der Waals surface area contributed by atoms with Gasteiger partial charge >= 0.3 is 0 Å². The van der Waals surface area contributed by atoms with Crippen molar-refractivity contribution in [3.63, 3.8) is 0 Å². The van der Waals surface area contributed by atoms with E-state index in [-0.39, 0.29) is 5.91 Å². The fourth-order valence-electron chi connectivity index (χ4n) is 2.36. The Hall–Kier alpha value is -1.92. The van der Waals surface area contributed by atoms with E-state index < -0.39 is 0 Å². The minimum absolute atomic E-state index is 0.0717. The van der Waals surface area contributed by atoms with Crippen LogP contribution in [0.4, 0.5) is 5.82 Å². The molecule has 0 saturated carbocycles. The molecule has 1 aliphatic rings. The van der Waals surface area contributed by atoms with Crippen molar-refractivity contribution in [2.45, 2.75) is 6.42 Å². The summed E-state index contributed by atoms with van der Waals surface area (Å²) in [5.41, 5.74) is 0.600. The average Bonchev–Trinajstić information content (AvgIpc) is 3.09. The van der Waals surface area contributed by atoms with Crippen LogP contribution >= 0.6 is 11.3 Å². The van der Waals surface area contributed by atoms with Gasteiger partial charge in [0, 0.05) is 30.7 Å². The normalized spacial score (nSPS) is 14.8. The first kappa shape index (κ1) is 15.0. The summed E-state index contributed by atoms with van der Waals surface area (Å²) in [4.78, 5) is 19.9. The van der Waals surface area contributed by atoms with Gasteiger partial charge in [-0.05, 0) is 30.0 Å². The van der Waals surface area contributed by atoms with Crippen LogP contribution in [-0.2, 0) is 11.2 Å². The second-order valence-electron chi connectivity index (χ2n) is 5.09. The highest BCUT2D eigenvalue weighted by Crippen LogP contribution is 2.13. The zero-order chi connectivity index (χ0) is 15.2. The van der Waals surface area contributed by atoms with Gasteiger partial charge in [-0.25, -0.2) is 4.98 Å². The van der Waals surface area contributed by atoms with E-state index in [4.69, 9.17) is 4.74 Å². The lowest BCUT2D eigenvalue weighted by Gasteiger charge is -2.27. The lowest BCUT2D eigenvalue weighted by molar-refractivity contribution is 0.0953. The summed E-state index contributed by atoms with van der Waals surface area (Å²) >= 11 is 1.71. The number of carbonyl (C=O) groups is 1. The Bertz CT molecular complexity index is 592. The van der Waals surface area contributed by atoms with Crippen molar-refractivity contribution in [1.29, 1.82) is 0 Å². The minimum Gasteiger partial charge on any atom is -0.378 e. The van der Waals surface area contributed by atoms with Crippen LogP contribution in [0.5, 0.6) is 0 Å². The molecule has 0 atom stereocenters. The lowest BCUT2D eigenvalue weighted by atomic mass is 10.2. The molecule has 116 valence electrons. The summed E-state index contributed by atoms with van der Waals surface area (Å²) in [6, 6.07) is 7.84. The van der Waals surface area contributed by atoms with Gasteiger partial charge in [0.2, 0.25) is 0 Å². The molecule has 0 unspecified atom stereocenters. The molecule has 3 rings (SSSR count). The van der Waals surface area contributed by atoms with Gasteiger partial charge in [0.25, 0.3) is 5.91 Å². The molecule has 0 bridgehead atoms. The molecule has 6 heteroatoms. The molecule has 0 aliphatic carbocycles. The molecule has 1 fully saturated rings. The van der Waals surface area contributed by atoms with Crippen molar-refractivity contribution < 1.29 is 9.53 Å². The van der Waals surface area contributed by atoms with Crippen molar-refractivity contribution in [3.8, 4) is 0 Å². The van der Waals surface area contributed by atoms with E-state index in [1.54, 1.807) is 17.5 Å². The number of morpholine rings is 1. The summed E-state index contributed by atoms with van der Waals surface area (Å²) < 4.78 is 5.33. The maximum absolute atomic E-state index is 12.1. The van der Waals surface area contributed by atoms with Crippen LogP contribution in [0.25, 0.3) is 0 Å². The van der Waals surface area contributed by atoms with Gasteiger partial charge < -0.3 is 15.0 Å². The van der Waals surface area contributed by atoms with Crippen molar-refractivity contribution in [2.24, 2.45) is 0 Å². The zero-order valence-electron chi connectivity index (χ0n) is 12.3. The van der Waals surface area contributed by atoms with Crippen LogP contribution in [0, 0.1) is 0 Å². The van der Waals surface area contributed by atoms with Crippen molar-refractivity contribution >= 4 is 23.1 Å². The van der Waals surface area contributed by atoms with Crippen LogP contribution in [0.3, 0.4) is 0 Å². The van der Waals surface area contributed by atoms with E-state index in [1.807, 2.05) is 23.6 Å². The molecular formula is C16H19N3O2S. The molecule has 5 nitrogen and oxygen atoms in total. The number of thiophene rings is 1. The number of hydrogen-bond acceptors (Lipinski definition) is 5. The number of carbonyl (C=O) groups excluding carboxylic acids is 1. The number of nitrogens with zero attached hydrogens (tertiary/aromatic N) is 2. The minimum atomic E-state index is -0.0717. The molecule has 1 amide bonds. The molecule has 0 aromatic carbocycles. The highest BCUT2D eigenvalue weighted by molar-refractivity contribution is 7.09. The number of anilines is 1. The molecular weight excluding hydrogens is 298 g/mol. The molecule has 0 radical (unpaired) electrons. The Morgan fingerprint density at radius 3 is 2.86 bits per heavy atom. The quantitative estimate of drug-likeness (QED) is 0.916. The van der Waals surface area contributed by atoms with Crippen LogP contribution in [-0.4, -0.2) is 43.7 Å². The monoisotopic (exact) mass is 317 g/mol. The summed E-state index contributed by atoms with van der Waals surface area (Å²) in [5, 5.41) is 4.98. The van der Waals surface area contributed by atoms with Crippen LogP contribution in [0.2, 0.25) is 0 Å². The first-order chi connectivity index (χ1) is 10.8. The molecule has 1 aliphatic heterocycles. The van der Waals surface area contributed by atoms with Gasteiger partial charge in [-0.3, -0.25) is 4.79 Å². The van der Waals surface area contributed by atoms with Crippen LogP contribution < -0.4 is 10.2 Å². The number of ether oxygens (including phenoxy) is 1. The summed E-state index contributed by atoms with van der Waals surface area (Å²) in [7, 11) is 0. The molecule has 1 N–H and O–H groups in total. The van der Waals surface area contributed by atoms with Gasteiger partial charge in [-0.15, -0.1) is 11.3 Å². The topological polar surface area (TPSA) is 54.5 Å². The molecule has 2 aromatic rings. The lowest BCUT2D eigenvalue weighted by Crippen LogP contribution is -2.36. The predicted octanol–water partition coefficient (Wildman–Crippen LogP) is 1.95. The third-order valence-electron chi connectivity index (χ3n) is 3.58.